The molecule has 0 aromatic heterocycles. The maximum Gasteiger partial charge on any atom is 0.291 e. The van der Waals surface area contributed by atoms with Crippen molar-refractivity contribution in [2.45, 2.75) is 27.7 Å². The molecule has 1 heterocycles. The molecule has 6 nitrogen and oxygen atoms in total. The topological polar surface area (TPSA) is 69.2 Å². The predicted octanol–water partition coefficient (Wildman–Crippen LogP) is 2.83. The number of ether oxygens (including phenoxy) is 3. The van der Waals surface area contributed by atoms with Crippen LogP contribution < -0.4 is 14.8 Å². The van der Waals surface area contributed by atoms with Gasteiger partial charge in [-0.25, -0.2) is 4.99 Å². The first-order valence-electron chi connectivity index (χ1n) is 7.84. The Balaban J connectivity index is 2.05. The minimum atomic E-state index is -0.283. The number of rotatable bonds is 5. The van der Waals surface area contributed by atoms with Gasteiger partial charge >= 0.3 is 0 Å². The fourth-order valence-corrected chi connectivity index (χ4v) is 1.84. The zero-order valence-electron chi connectivity index (χ0n) is 14.1. The molecule has 0 spiro atoms. The highest BCUT2D eigenvalue weighted by Crippen LogP contribution is 2.32. The van der Waals surface area contributed by atoms with Crippen LogP contribution in [0.2, 0.25) is 0 Å². The number of hydrogen-bond donors (Lipinski definition) is 1. The average Bonchev–Trinajstić information content (AvgIpc) is 2.96. The predicted molar refractivity (Wildman–Crippen MR) is 88.0 cm³/mol. The molecule has 2 rings (SSSR count). The summed E-state index contributed by atoms with van der Waals surface area (Å²) in [4.78, 5) is 16.7. The fraction of sp³-hybridized carbons (Fsp3) is 0.529. The lowest BCUT2D eigenvalue weighted by molar-refractivity contribution is 0.0962. The maximum atomic E-state index is 12.4. The highest BCUT2D eigenvalue weighted by molar-refractivity contribution is 6.04. The van der Waals surface area contributed by atoms with Crippen molar-refractivity contribution in [3.63, 3.8) is 0 Å². The van der Waals surface area contributed by atoms with E-state index in [1.54, 1.807) is 18.2 Å². The quantitative estimate of drug-likeness (QED) is 0.669. The van der Waals surface area contributed by atoms with Crippen LogP contribution in [0.1, 0.15) is 38.1 Å². The van der Waals surface area contributed by atoms with Gasteiger partial charge in [-0.15, -0.1) is 0 Å². The molecule has 0 saturated carbocycles. The second-order valence-corrected chi connectivity index (χ2v) is 6.27. The van der Waals surface area contributed by atoms with E-state index < -0.39 is 0 Å². The first-order chi connectivity index (χ1) is 11.0. The van der Waals surface area contributed by atoms with Crippen LogP contribution in [0.25, 0.3) is 0 Å². The zero-order chi connectivity index (χ0) is 16.8. The lowest BCUT2D eigenvalue weighted by Gasteiger charge is -2.13. The van der Waals surface area contributed by atoms with Gasteiger partial charge in [0.1, 0.15) is 0 Å². The van der Waals surface area contributed by atoms with E-state index in [0.29, 0.717) is 42.0 Å². The van der Waals surface area contributed by atoms with Gasteiger partial charge in [-0.2, -0.15) is 0 Å². The molecule has 6 heteroatoms. The average molecular weight is 320 g/mol. The molecule has 23 heavy (non-hydrogen) atoms. The molecule has 1 N–H and O–H groups in total. The number of fused-ring (bicyclic) bond motifs is 1. The van der Waals surface area contributed by atoms with Gasteiger partial charge in [-0.3, -0.25) is 10.1 Å². The molecule has 0 fully saturated rings. The third-order valence-electron chi connectivity index (χ3n) is 3.01. The van der Waals surface area contributed by atoms with Crippen molar-refractivity contribution >= 4 is 11.9 Å². The van der Waals surface area contributed by atoms with E-state index in [4.69, 9.17) is 14.2 Å². The maximum absolute atomic E-state index is 12.4. The number of nitrogens with one attached hydrogen (secondary N) is 1. The highest BCUT2D eigenvalue weighted by atomic mass is 16.7. The van der Waals surface area contributed by atoms with Crippen molar-refractivity contribution in [3.05, 3.63) is 23.8 Å². The van der Waals surface area contributed by atoms with Crippen molar-refractivity contribution < 1.29 is 19.0 Å². The van der Waals surface area contributed by atoms with Gasteiger partial charge in [0, 0.05) is 12.1 Å². The van der Waals surface area contributed by atoms with Gasteiger partial charge in [0.2, 0.25) is 6.79 Å². The number of carbonyl (C=O) groups excluding carboxylic acids is 1. The number of carbonyl (C=O) groups is 1. The summed E-state index contributed by atoms with van der Waals surface area (Å²) < 4.78 is 16.1. The summed E-state index contributed by atoms with van der Waals surface area (Å²) in [6.07, 6.45) is 0. The van der Waals surface area contributed by atoms with Crippen molar-refractivity contribution in [3.8, 4) is 11.5 Å². The Morgan fingerprint density at radius 2 is 1.96 bits per heavy atom. The molecule has 0 aliphatic carbocycles. The van der Waals surface area contributed by atoms with Crippen molar-refractivity contribution in [2.75, 3.05) is 19.9 Å². The Morgan fingerprint density at radius 3 is 2.65 bits per heavy atom. The summed E-state index contributed by atoms with van der Waals surface area (Å²) in [7, 11) is 0. The van der Waals surface area contributed by atoms with Gasteiger partial charge in [0.05, 0.1) is 6.61 Å². The Kier molecular flexibility index (Phi) is 5.84. The number of hydrogen-bond acceptors (Lipinski definition) is 5. The summed E-state index contributed by atoms with van der Waals surface area (Å²) in [5.41, 5.74) is 0.472. The highest BCUT2D eigenvalue weighted by Gasteiger charge is 2.17. The molecule has 0 atom stereocenters. The molecule has 0 radical (unpaired) electrons. The first kappa shape index (κ1) is 17.1. The normalized spacial score (nSPS) is 13.6. The number of benzene rings is 1. The standard InChI is InChI=1S/C17H24N2O4/c1-11(2)8-18-17(21-9-12(3)4)19-16(20)13-5-6-14-15(7-13)23-10-22-14/h5-7,11-12H,8-10H2,1-4H3,(H,18,19,20). The first-order valence-corrected chi connectivity index (χ1v) is 7.84. The zero-order valence-corrected chi connectivity index (χ0v) is 14.1. The largest absolute Gasteiger partial charge is 0.465 e. The van der Waals surface area contributed by atoms with Crippen LogP contribution >= 0.6 is 0 Å². The van der Waals surface area contributed by atoms with E-state index in [-0.39, 0.29) is 18.7 Å². The van der Waals surface area contributed by atoms with Gasteiger partial charge in [-0.05, 0) is 30.0 Å². The number of amides is 1. The molecule has 0 saturated heterocycles. The molecule has 1 aliphatic rings. The van der Waals surface area contributed by atoms with Crippen LogP contribution in [0.3, 0.4) is 0 Å². The van der Waals surface area contributed by atoms with Gasteiger partial charge in [0.15, 0.2) is 11.5 Å². The summed E-state index contributed by atoms with van der Waals surface area (Å²) >= 11 is 0. The molecule has 0 unspecified atom stereocenters. The number of nitrogens with zero attached hydrogens (tertiary/aromatic N) is 1. The van der Waals surface area contributed by atoms with Crippen LogP contribution in [0.4, 0.5) is 0 Å². The fourth-order valence-electron chi connectivity index (χ4n) is 1.84. The smallest absolute Gasteiger partial charge is 0.291 e. The third kappa shape index (κ3) is 5.16. The lowest BCUT2D eigenvalue weighted by atomic mass is 10.2. The third-order valence-corrected chi connectivity index (χ3v) is 3.01. The number of aliphatic imine (C=N–C) groups is 1. The van der Waals surface area contributed by atoms with E-state index in [9.17, 15) is 4.79 Å². The van der Waals surface area contributed by atoms with Crippen LogP contribution in [0.5, 0.6) is 11.5 Å². The Morgan fingerprint density at radius 1 is 1.22 bits per heavy atom. The Bertz CT molecular complexity index is 582. The summed E-state index contributed by atoms with van der Waals surface area (Å²) in [5.74, 6) is 1.67. The van der Waals surface area contributed by atoms with Crippen LogP contribution in [-0.4, -0.2) is 31.9 Å². The molecule has 0 bridgehead atoms. The van der Waals surface area contributed by atoms with E-state index in [1.807, 2.05) is 13.8 Å². The van der Waals surface area contributed by atoms with E-state index in [0.717, 1.165) is 0 Å². The minimum absolute atomic E-state index is 0.180. The summed E-state index contributed by atoms with van der Waals surface area (Å²) in [6, 6.07) is 5.32. The van der Waals surface area contributed by atoms with Crippen molar-refractivity contribution in [2.24, 2.45) is 16.8 Å². The van der Waals surface area contributed by atoms with Crippen molar-refractivity contribution in [1.29, 1.82) is 0 Å². The molecule has 1 aliphatic heterocycles. The molecule has 1 aromatic carbocycles. The van der Waals surface area contributed by atoms with Gasteiger partial charge < -0.3 is 14.2 Å². The second kappa shape index (κ2) is 7.85. The summed E-state index contributed by atoms with van der Waals surface area (Å²) in [5, 5.41) is 2.73. The van der Waals surface area contributed by atoms with Crippen molar-refractivity contribution in [1.82, 2.24) is 5.32 Å². The molecular formula is C17H24N2O4. The number of amidine groups is 1. The molecular weight excluding hydrogens is 296 g/mol. The second-order valence-electron chi connectivity index (χ2n) is 6.27. The monoisotopic (exact) mass is 320 g/mol. The van der Waals surface area contributed by atoms with E-state index in [1.165, 1.54) is 0 Å². The van der Waals surface area contributed by atoms with Crippen LogP contribution in [-0.2, 0) is 4.74 Å². The molecule has 126 valence electrons. The van der Waals surface area contributed by atoms with Gasteiger partial charge in [0.25, 0.3) is 11.9 Å². The van der Waals surface area contributed by atoms with E-state index >= 15 is 0 Å². The minimum Gasteiger partial charge on any atom is -0.465 e. The van der Waals surface area contributed by atoms with Crippen LogP contribution in [0, 0.1) is 11.8 Å². The Labute approximate surface area is 136 Å². The van der Waals surface area contributed by atoms with Crippen LogP contribution in [0.15, 0.2) is 23.2 Å². The lowest BCUT2D eigenvalue weighted by Crippen LogP contribution is -2.33. The van der Waals surface area contributed by atoms with E-state index in [2.05, 4.69) is 24.2 Å². The molecule has 1 aromatic rings. The summed E-state index contributed by atoms with van der Waals surface area (Å²) in [6.45, 7) is 9.47. The molecule has 1 amide bonds. The van der Waals surface area contributed by atoms with Gasteiger partial charge in [-0.1, -0.05) is 27.7 Å². The SMILES string of the molecule is CC(C)CN=C(NC(=O)c1ccc2c(c1)OCO2)OCC(C)C. The Hall–Kier alpha value is -2.24.